The van der Waals surface area contributed by atoms with Crippen molar-refractivity contribution in [1.82, 2.24) is 5.32 Å². The number of carbonyl (C=O) groups is 1. The van der Waals surface area contributed by atoms with Gasteiger partial charge in [0.2, 0.25) is 5.91 Å². The largest absolute Gasteiger partial charge is 0.375 e. The Bertz CT molecular complexity index is 473. The minimum absolute atomic E-state index is 0. The summed E-state index contributed by atoms with van der Waals surface area (Å²) in [5, 5.41) is 2.82. The molecule has 126 valence electrons. The van der Waals surface area contributed by atoms with E-state index in [-0.39, 0.29) is 36.1 Å². The van der Waals surface area contributed by atoms with Crippen LogP contribution in [0.1, 0.15) is 38.9 Å². The van der Waals surface area contributed by atoms with Crippen LogP contribution in [-0.2, 0) is 9.53 Å². The molecule has 0 aliphatic carbocycles. The van der Waals surface area contributed by atoms with E-state index in [1.807, 2.05) is 13.8 Å². The molecule has 0 saturated heterocycles. The van der Waals surface area contributed by atoms with Crippen molar-refractivity contribution in [2.24, 2.45) is 11.7 Å². The molecule has 3 N–H and O–H groups in total. The van der Waals surface area contributed by atoms with Gasteiger partial charge < -0.3 is 15.8 Å². The van der Waals surface area contributed by atoms with Gasteiger partial charge in [0.05, 0.1) is 12.1 Å². The van der Waals surface area contributed by atoms with E-state index in [9.17, 15) is 9.18 Å². The number of hydrogen-bond acceptors (Lipinski definition) is 3. The first-order chi connectivity index (χ1) is 9.92. The molecule has 6 heteroatoms. The van der Waals surface area contributed by atoms with Crippen LogP contribution >= 0.6 is 12.4 Å². The summed E-state index contributed by atoms with van der Waals surface area (Å²) in [7, 11) is 1.49. The topological polar surface area (TPSA) is 64.4 Å². The fourth-order valence-electron chi connectivity index (χ4n) is 2.21. The first-order valence-electron chi connectivity index (χ1n) is 7.25. The van der Waals surface area contributed by atoms with Crippen molar-refractivity contribution in [3.8, 4) is 0 Å². The lowest BCUT2D eigenvalue weighted by atomic mass is 9.98. The molecule has 4 unspecified atom stereocenters. The molecule has 0 saturated carbocycles. The molecule has 0 aliphatic rings. The third-order valence-corrected chi connectivity index (χ3v) is 3.85. The number of ether oxygens (including phenoxy) is 1. The quantitative estimate of drug-likeness (QED) is 0.807. The maximum atomic E-state index is 13.8. The molecular formula is C16H26ClFN2O2. The molecule has 4 atom stereocenters. The summed E-state index contributed by atoms with van der Waals surface area (Å²) in [5.74, 6) is -0.501. The average molecular weight is 333 g/mol. The molecule has 4 nitrogen and oxygen atoms in total. The summed E-state index contributed by atoms with van der Waals surface area (Å²) >= 11 is 0. The van der Waals surface area contributed by atoms with Gasteiger partial charge in [0, 0.05) is 12.7 Å². The Kier molecular flexibility index (Phi) is 9.25. The number of halogens is 2. The number of methoxy groups -OCH3 is 1. The normalized spacial score (nSPS) is 16.1. The fraction of sp³-hybridized carbons (Fsp3) is 0.562. The van der Waals surface area contributed by atoms with Crippen LogP contribution in [0.5, 0.6) is 0 Å². The van der Waals surface area contributed by atoms with Crippen LogP contribution in [0.25, 0.3) is 0 Å². The summed E-state index contributed by atoms with van der Waals surface area (Å²) in [6.07, 6.45) is 0.267. The molecule has 0 bridgehead atoms. The van der Waals surface area contributed by atoms with E-state index in [1.165, 1.54) is 13.2 Å². The lowest BCUT2D eigenvalue weighted by molar-refractivity contribution is -0.125. The average Bonchev–Trinajstić information content (AvgIpc) is 2.48. The van der Waals surface area contributed by atoms with E-state index in [4.69, 9.17) is 10.5 Å². The van der Waals surface area contributed by atoms with Gasteiger partial charge in [0.1, 0.15) is 11.9 Å². The Labute approximate surface area is 138 Å². The molecule has 0 aliphatic heterocycles. The molecule has 0 heterocycles. The van der Waals surface area contributed by atoms with Crippen molar-refractivity contribution >= 4 is 18.3 Å². The first-order valence-corrected chi connectivity index (χ1v) is 7.25. The van der Waals surface area contributed by atoms with Crippen molar-refractivity contribution in [2.75, 3.05) is 7.11 Å². The van der Waals surface area contributed by atoms with Gasteiger partial charge in [0.25, 0.3) is 0 Å². The zero-order valence-electron chi connectivity index (χ0n) is 13.5. The number of amides is 1. The van der Waals surface area contributed by atoms with Gasteiger partial charge in [-0.25, -0.2) is 4.39 Å². The van der Waals surface area contributed by atoms with Crippen LogP contribution in [-0.4, -0.2) is 25.1 Å². The lowest BCUT2D eigenvalue weighted by Gasteiger charge is -2.27. The van der Waals surface area contributed by atoms with Crippen LogP contribution in [0.15, 0.2) is 24.3 Å². The van der Waals surface area contributed by atoms with Gasteiger partial charge in [0.15, 0.2) is 0 Å². The smallest absolute Gasteiger partial charge is 0.237 e. The number of nitrogens with two attached hydrogens (primary N) is 1. The van der Waals surface area contributed by atoms with Crippen LogP contribution < -0.4 is 11.1 Å². The summed E-state index contributed by atoms with van der Waals surface area (Å²) in [6.45, 7) is 5.69. The molecular weight excluding hydrogens is 307 g/mol. The van der Waals surface area contributed by atoms with Crippen LogP contribution in [0, 0.1) is 11.7 Å². The van der Waals surface area contributed by atoms with Crippen LogP contribution in [0.2, 0.25) is 0 Å². The van der Waals surface area contributed by atoms with E-state index in [0.717, 1.165) is 6.42 Å². The molecule has 0 fully saturated rings. The van der Waals surface area contributed by atoms with Crippen molar-refractivity contribution < 1.29 is 13.9 Å². The third-order valence-electron chi connectivity index (χ3n) is 3.85. The SMILES string of the molecule is CCC(C)C(N)C(=O)NC(C)C(OC)c1ccccc1F.Cl. The van der Waals surface area contributed by atoms with Crippen LogP contribution in [0.4, 0.5) is 4.39 Å². The van der Waals surface area contributed by atoms with Gasteiger partial charge in [-0.15, -0.1) is 12.4 Å². The summed E-state index contributed by atoms with van der Waals surface area (Å²) in [4.78, 5) is 12.1. The van der Waals surface area contributed by atoms with E-state index >= 15 is 0 Å². The maximum absolute atomic E-state index is 13.8. The van der Waals surface area contributed by atoms with Gasteiger partial charge in [-0.05, 0) is 18.9 Å². The van der Waals surface area contributed by atoms with E-state index in [1.54, 1.807) is 25.1 Å². The summed E-state index contributed by atoms with van der Waals surface area (Å²) < 4.78 is 19.2. The Hall–Kier alpha value is -1.17. The summed E-state index contributed by atoms with van der Waals surface area (Å²) in [6, 6.07) is 5.43. The van der Waals surface area contributed by atoms with Gasteiger partial charge in [-0.2, -0.15) is 0 Å². The van der Waals surface area contributed by atoms with E-state index in [0.29, 0.717) is 5.56 Å². The number of nitrogens with one attached hydrogen (secondary N) is 1. The molecule has 1 aromatic carbocycles. The summed E-state index contributed by atoms with van der Waals surface area (Å²) in [5.41, 5.74) is 6.32. The Morgan fingerprint density at radius 2 is 1.95 bits per heavy atom. The minimum Gasteiger partial charge on any atom is -0.375 e. The van der Waals surface area contributed by atoms with Crippen molar-refractivity contribution in [3.63, 3.8) is 0 Å². The molecule has 0 spiro atoms. The molecule has 1 rings (SSSR count). The predicted molar refractivity (Wildman–Crippen MR) is 88.4 cm³/mol. The lowest BCUT2D eigenvalue weighted by Crippen LogP contribution is -2.49. The Balaban J connectivity index is 0.00000441. The highest BCUT2D eigenvalue weighted by molar-refractivity contribution is 5.85. The monoisotopic (exact) mass is 332 g/mol. The Morgan fingerprint density at radius 3 is 2.45 bits per heavy atom. The van der Waals surface area contributed by atoms with Crippen molar-refractivity contribution in [1.29, 1.82) is 0 Å². The fourth-order valence-corrected chi connectivity index (χ4v) is 2.21. The van der Waals surface area contributed by atoms with Gasteiger partial charge in [-0.3, -0.25) is 4.79 Å². The first kappa shape index (κ1) is 20.8. The number of hydrogen-bond donors (Lipinski definition) is 2. The Morgan fingerprint density at radius 1 is 1.36 bits per heavy atom. The van der Waals surface area contributed by atoms with E-state index in [2.05, 4.69) is 5.32 Å². The molecule has 22 heavy (non-hydrogen) atoms. The zero-order chi connectivity index (χ0) is 16.0. The minimum atomic E-state index is -0.574. The molecule has 1 amide bonds. The third kappa shape index (κ3) is 5.23. The molecule has 1 aromatic rings. The number of benzene rings is 1. The number of rotatable bonds is 7. The number of carbonyl (C=O) groups excluding carboxylic acids is 1. The van der Waals surface area contributed by atoms with Crippen molar-refractivity contribution in [2.45, 2.75) is 45.4 Å². The second-order valence-corrected chi connectivity index (χ2v) is 5.39. The van der Waals surface area contributed by atoms with Crippen LogP contribution in [0.3, 0.4) is 0 Å². The van der Waals surface area contributed by atoms with Gasteiger partial charge >= 0.3 is 0 Å². The zero-order valence-corrected chi connectivity index (χ0v) is 14.3. The second kappa shape index (κ2) is 9.77. The molecule has 0 radical (unpaired) electrons. The highest BCUT2D eigenvalue weighted by atomic mass is 35.5. The predicted octanol–water partition coefficient (Wildman–Crippen LogP) is 2.81. The second-order valence-electron chi connectivity index (χ2n) is 5.39. The standard InChI is InChI=1S/C16H25FN2O2.ClH/c1-5-10(2)14(18)16(20)19-11(3)15(21-4)12-8-6-7-9-13(12)17;/h6-11,14-15H,5,18H2,1-4H3,(H,19,20);1H. The van der Waals surface area contributed by atoms with Gasteiger partial charge in [-0.1, -0.05) is 38.5 Å². The highest BCUT2D eigenvalue weighted by Gasteiger charge is 2.26. The van der Waals surface area contributed by atoms with Crippen molar-refractivity contribution in [3.05, 3.63) is 35.6 Å². The molecule has 0 aromatic heterocycles. The maximum Gasteiger partial charge on any atom is 0.237 e. The van der Waals surface area contributed by atoms with E-state index < -0.39 is 12.1 Å². The highest BCUT2D eigenvalue weighted by Crippen LogP contribution is 2.23.